The van der Waals surface area contributed by atoms with E-state index in [1.54, 1.807) is 11.8 Å². The largest absolute Gasteiger partial charge is 0.341 e. The van der Waals surface area contributed by atoms with Crippen molar-refractivity contribution in [1.82, 2.24) is 14.8 Å². The lowest BCUT2D eigenvalue weighted by Crippen LogP contribution is -2.35. The molecule has 27 heavy (non-hydrogen) atoms. The molecule has 1 aliphatic rings. The van der Waals surface area contributed by atoms with E-state index in [1.165, 1.54) is 5.56 Å². The second-order valence-electron chi connectivity index (χ2n) is 6.67. The number of hydrogen-bond acceptors (Lipinski definition) is 4. The van der Waals surface area contributed by atoms with Crippen LogP contribution in [0.1, 0.15) is 24.1 Å². The summed E-state index contributed by atoms with van der Waals surface area (Å²) in [5.41, 5.74) is 2.29. The van der Waals surface area contributed by atoms with E-state index in [0.717, 1.165) is 50.6 Å². The maximum Gasteiger partial charge on any atom is 0.223 e. The molecule has 4 nitrogen and oxygen atoms in total. The smallest absolute Gasteiger partial charge is 0.223 e. The first-order valence-corrected chi connectivity index (χ1v) is 10.6. The van der Waals surface area contributed by atoms with E-state index < -0.39 is 0 Å². The maximum absolute atomic E-state index is 12.5. The van der Waals surface area contributed by atoms with Crippen LogP contribution < -0.4 is 0 Å². The molecule has 1 saturated heterocycles. The Morgan fingerprint density at radius 3 is 2.70 bits per heavy atom. The predicted octanol–water partition coefficient (Wildman–Crippen LogP) is 3.91. The molecule has 0 N–H and O–H groups in total. The summed E-state index contributed by atoms with van der Waals surface area (Å²) >= 11 is 1.70. The van der Waals surface area contributed by atoms with Crippen LogP contribution in [0.3, 0.4) is 0 Å². The standard InChI is InChI=1S/C22H27N3OS/c26-22(11-18-27-17-10-20-7-2-1-3-8-20)25-14-6-13-24(15-16-25)19-21-9-4-5-12-23-21/h1-5,7-10,12,17H,6,11,13-16,18-19H2/b17-10-. The van der Waals surface area contributed by atoms with Crippen LogP contribution in [0.2, 0.25) is 0 Å². The first kappa shape index (κ1) is 19.6. The first-order valence-electron chi connectivity index (χ1n) is 9.54. The van der Waals surface area contributed by atoms with Gasteiger partial charge in [-0.1, -0.05) is 36.4 Å². The lowest BCUT2D eigenvalue weighted by atomic mass is 10.2. The Kier molecular flexibility index (Phi) is 7.93. The highest BCUT2D eigenvalue weighted by Gasteiger charge is 2.18. The van der Waals surface area contributed by atoms with Crippen molar-refractivity contribution in [2.75, 3.05) is 31.9 Å². The summed E-state index contributed by atoms with van der Waals surface area (Å²) < 4.78 is 0. The van der Waals surface area contributed by atoms with Crippen molar-refractivity contribution in [1.29, 1.82) is 0 Å². The van der Waals surface area contributed by atoms with Gasteiger partial charge in [0.2, 0.25) is 5.91 Å². The second-order valence-corrected chi connectivity index (χ2v) is 7.68. The Morgan fingerprint density at radius 1 is 1.04 bits per heavy atom. The van der Waals surface area contributed by atoms with Crippen molar-refractivity contribution >= 4 is 23.7 Å². The van der Waals surface area contributed by atoms with E-state index in [9.17, 15) is 4.79 Å². The Balaban J connectivity index is 1.37. The van der Waals surface area contributed by atoms with E-state index in [4.69, 9.17) is 0 Å². The second kappa shape index (κ2) is 10.9. The third-order valence-corrected chi connectivity index (χ3v) is 5.41. The summed E-state index contributed by atoms with van der Waals surface area (Å²) in [5.74, 6) is 1.10. The van der Waals surface area contributed by atoms with Gasteiger partial charge in [0.15, 0.2) is 0 Å². The fourth-order valence-electron chi connectivity index (χ4n) is 3.16. The highest BCUT2D eigenvalue weighted by Crippen LogP contribution is 2.12. The topological polar surface area (TPSA) is 36.4 Å². The summed E-state index contributed by atoms with van der Waals surface area (Å²) in [4.78, 5) is 21.3. The van der Waals surface area contributed by atoms with E-state index in [2.05, 4.69) is 39.6 Å². The minimum Gasteiger partial charge on any atom is -0.341 e. The molecule has 0 aliphatic carbocycles. The van der Waals surface area contributed by atoms with Gasteiger partial charge in [0.25, 0.3) is 0 Å². The van der Waals surface area contributed by atoms with E-state index in [-0.39, 0.29) is 5.91 Å². The minimum atomic E-state index is 0.273. The van der Waals surface area contributed by atoms with E-state index in [0.29, 0.717) is 6.42 Å². The van der Waals surface area contributed by atoms with Crippen molar-refractivity contribution < 1.29 is 4.79 Å². The van der Waals surface area contributed by atoms with Gasteiger partial charge >= 0.3 is 0 Å². The molecule has 0 atom stereocenters. The lowest BCUT2D eigenvalue weighted by Gasteiger charge is -2.21. The molecular formula is C22H27N3OS. The van der Waals surface area contributed by atoms with Gasteiger partial charge in [-0.2, -0.15) is 0 Å². The van der Waals surface area contributed by atoms with Gasteiger partial charge in [-0.3, -0.25) is 14.7 Å². The summed E-state index contributed by atoms with van der Waals surface area (Å²) in [6.45, 7) is 4.49. The van der Waals surface area contributed by atoms with Gasteiger partial charge in [0.1, 0.15) is 0 Å². The average Bonchev–Trinajstić information content (AvgIpc) is 2.95. The van der Waals surface area contributed by atoms with Crippen LogP contribution in [0.25, 0.3) is 6.08 Å². The minimum absolute atomic E-state index is 0.273. The molecule has 1 amide bonds. The van der Waals surface area contributed by atoms with Gasteiger partial charge in [-0.25, -0.2) is 0 Å². The normalized spacial score (nSPS) is 15.8. The highest BCUT2D eigenvalue weighted by molar-refractivity contribution is 8.02. The fourth-order valence-corrected chi connectivity index (χ4v) is 3.84. The lowest BCUT2D eigenvalue weighted by molar-refractivity contribution is -0.130. The highest BCUT2D eigenvalue weighted by atomic mass is 32.2. The Labute approximate surface area is 166 Å². The number of carbonyl (C=O) groups excluding carboxylic acids is 1. The number of aromatic nitrogens is 1. The number of hydrogen-bond donors (Lipinski definition) is 0. The molecule has 5 heteroatoms. The third kappa shape index (κ3) is 6.85. The molecule has 0 unspecified atom stereocenters. The molecular weight excluding hydrogens is 354 g/mol. The Hall–Kier alpha value is -2.11. The molecule has 0 bridgehead atoms. The number of carbonyl (C=O) groups is 1. The molecule has 0 spiro atoms. The number of amides is 1. The first-order chi connectivity index (χ1) is 13.3. The quantitative estimate of drug-likeness (QED) is 0.682. The van der Waals surface area contributed by atoms with Crippen LogP contribution in [-0.4, -0.2) is 52.6 Å². The van der Waals surface area contributed by atoms with Crippen LogP contribution in [0, 0.1) is 0 Å². The molecule has 1 aromatic heterocycles. The molecule has 2 aromatic rings. The molecule has 1 aromatic carbocycles. The number of thioether (sulfide) groups is 1. The number of nitrogens with zero attached hydrogens (tertiary/aromatic N) is 3. The molecule has 2 heterocycles. The van der Waals surface area contributed by atoms with Crippen molar-refractivity contribution in [2.45, 2.75) is 19.4 Å². The summed E-state index contributed by atoms with van der Waals surface area (Å²) in [6.07, 6.45) is 5.56. The maximum atomic E-state index is 12.5. The SMILES string of the molecule is O=C(CCS/C=C\c1ccccc1)N1CCCN(Cc2ccccn2)CC1. The molecule has 1 aliphatic heterocycles. The van der Waals surface area contributed by atoms with Gasteiger partial charge in [0, 0.05) is 51.1 Å². The number of rotatable bonds is 7. The van der Waals surface area contributed by atoms with Gasteiger partial charge in [-0.05, 0) is 35.6 Å². The zero-order valence-electron chi connectivity index (χ0n) is 15.7. The number of pyridine rings is 1. The summed E-state index contributed by atoms with van der Waals surface area (Å²) in [5, 5.41) is 2.08. The van der Waals surface area contributed by atoms with Crippen molar-refractivity contribution in [3.63, 3.8) is 0 Å². The van der Waals surface area contributed by atoms with Crippen molar-refractivity contribution in [3.05, 3.63) is 71.4 Å². The summed E-state index contributed by atoms with van der Waals surface area (Å²) in [7, 11) is 0. The molecule has 1 fully saturated rings. The van der Waals surface area contributed by atoms with Crippen LogP contribution in [0.5, 0.6) is 0 Å². The predicted molar refractivity (Wildman–Crippen MR) is 113 cm³/mol. The average molecular weight is 382 g/mol. The van der Waals surface area contributed by atoms with Crippen LogP contribution in [0.15, 0.2) is 60.1 Å². The van der Waals surface area contributed by atoms with Gasteiger partial charge in [-0.15, -0.1) is 11.8 Å². The molecule has 142 valence electrons. The van der Waals surface area contributed by atoms with E-state index >= 15 is 0 Å². The fraction of sp³-hybridized carbons (Fsp3) is 0.364. The van der Waals surface area contributed by atoms with Crippen molar-refractivity contribution in [2.24, 2.45) is 0 Å². The molecule has 0 saturated carbocycles. The molecule has 0 radical (unpaired) electrons. The van der Waals surface area contributed by atoms with Crippen LogP contribution in [0.4, 0.5) is 0 Å². The van der Waals surface area contributed by atoms with Crippen molar-refractivity contribution in [3.8, 4) is 0 Å². The zero-order chi connectivity index (χ0) is 18.7. The van der Waals surface area contributed by atoms with Crippen LogP contribution >= 0.6 is 11.8 Å². The van der Waals surface area contributed by atoms with Gasteiger partial charge < -0.3 is 4.90 Å². The zero-order valence-corrected chi connectivity index (χ0v) is 16.5. The Bertz CT molecular complexity index is 721. The Morgan fingerprint density at radius 2 is 1.89 bits per heavy atom. The molecule has 3 rings (SSSR count). The summed E-state index contributed by atoms with van der Waals surface area (Å²) in [6, 6.07) is 16.3. The third-order valence-electron chi connectivity index (χ3n) is 4.64. The van der Waals surface area contributed by atoms with E-state index in [1.807, 2.05) is 41.4 Å². The van der Waals surface area contributed by atoms with Gasteiger partial charge in [0.05, 0.1) is 5.69 Å². The monoisotopic (exact) mass is 381 g/mol. The number of benzene rings is 1. The van der Waals surface area contributed by atoms with Crippen LogP contribution in [-0.2, 0) is 11.3 Å².